The highest BCUT2D eigenvalue weighted by molar-refractivity contribution is 7.99. The Hall–Kier alpha value is -1.94. The summed E-state index contributed by atoms with van der Waals surface area (Å²) in [5.74, 6) is 0.875. The van der Waals surface area contributed by atoms with Gasteiger partial charge in [-0.25, -0.2) is 4.98 Å². The lowest BCUT2D eigenvalue weighted by atomic mass is 10.3. The number of fused-ring (bicyclic) bond motifs is 1. The SMILES string of the molecule is COc1ccc(Sc2c[nH]c3ncccc23)cc1. The van der Waals surface area contributed by atoms with E-state index < -0.39 is 0 Å². The molecule has 0 aliphatic carbocycles. The van der Waals surface area contributed by atoms with Crippen molar-refractivity contribution >= 4 is 22.8 Å². The molecule has 0 radical (unpaired) electrons. The summed E-state index contributed by atoms with van der Waals surface area (Å²) in [6.45, 7) is 0. The van der Waals surface area contributed by atoms with Crippen molar-refractivity contribution in [2.24, 2.45) is 0 Å². The zero-order chi connectivity index (χ0) is 12.4. The topological polar surface area (TPSA) is 37.9 Å². The summed E-state index contributed by atoms with van der Waals surface area (Å²) in [5, 5.41) is 1.15. The van der Waals surface area contributed by atoms with Gasteiger partial charge in [0, 0.05) is 27.6 Å². The van der Waals surface area contributed by atoms with Crippen LogP contribution in [0.2, 0.25) is 0 Å². The Labute approximate surface area is 109 Å². The first-order chi connectivity index (χ1) is 8.86. The van der Waals surface area contributed by atoms with E-state index in [0.29, 0.717) is 0 Å². The fourth-order valence-corrected chi connectivity index (χ4v) is 2.70. The van der Waals surface area contributed by atoms with E-state index >= 15 is 0 Å². The minimum atomic E-state index is 0.875. The standard InChI is InChI=1S/C14H12N2OS/c1-17-10-4-6-11(7-5-10)18-13-9-16-14-12(13)3-2-8-15-14/h2-9H,1H3,(H,15,16). The van der Waals surface area contributed by atoms with Gasteiger partial charge in [-0.15, -0.1) is 0 Å². The first-order valence-electron chi connectivity index (χ1n) is 5.61. The predicted molar refractivity (Wildman–Crippen MR) is 73.2 cm³/mol. The Morgan fingerprint density at radius 3 is 2.78 bits per heavy atom. The van der Waals surface area contributed by atoms with Crippen molar-refractivity contribution < 1.29 is 4.74 Å². The van der Waals surface area contributed by atoms with E-state index in [2.05, 4.69) is 28.2 Å². The molecule has 0 saturated carbocycles. The smallest absolute Gasteiger partial charge is 0.138 e. The van der Waals surface area contributed by atoms with E-state index in [1.807, 2.05) is 24.4 Å². The van der Waals surface area contributed by atoms with Crippen LogP contribution in [-0.2, 0) is 0 Å². The zero-order valence-corrected chi connectivity index (χ0v) is 10.7. The third-order valence-electron chi connectivity index (χ3n) is 2.70. The van der Waals surface area contributed by atoms with Crippen LogP contribution in [0.15, 0.2) is 58.6 Å². The number of nitrogens with zero attached hydrogens (tertiary/aromatic N) is 1. The molecule has 3 nitrogen and oxygen atoms in total. The molecule has 1 N–H and O–H groups in total. The number of hydrogen-bond acceptors (Lipinski definition) is 3. The van der Waals surface area contributed by atoms with E-state index in [1.165, 1.54) is 9.79 Å². The summed E-state index contributed by atoms with van der Waals surface area (Å²) in [6, 6.07) is 12.1. The molecule has 0 unspecified atom stereocenters. The number of benzene rings is 1. The Kier molecular flexibility index (Phi) is 2.94. The lowest BCUT2D eigenvalue weighted by Gasteiger charge is -2.02. The molecule has 4 heteroatoms. The maximum absolute atomic E-state index is 5.15. The summed E-state index contributed by atoms with van der Waals surface area (Å²) in [7, 11) is 1.67. The lowest BCUT2D eigenvalue weighted by Crippen LogP contribution is -1.81. The number of ether oxygens (including phenoxy) is 1. The van der Waals surface area contributed by atoms with Crippen molar-refractivity contribution in [3.8, 4) is 5.75 Å². The number of nitrogens with one attached hydrogen (secondary N) is 1. The molecule has 18 heavy (non-hydrogen) atoms. The van der Waals surface area contributed by atoms with Gasteiger partial charge in [0.2, 0.25) is 0 Å². The lowest BCUT2D eigenvalue weighted by molar-refractivity contribution is 0.414. The number of hydrogen-bond donors (Lipinski definition) is 1. The Bertz CT molecular complexity index is 661. The molecule has 3 rings (SSSR count). The van der Waals surface area contributed by atoms with Crippen LogP contribution in [0.3, 0.4) is 0 Å². The highest BCUT2D eigenvalue weighted by Crippen LogP contribution is 2.33. The van der Waals surface area contributed by atoms with Gasteiger partial charge < -0.3 is 9.72 Å². The normalized spacial score (nSPS) is 10.7. The predicted octanol–water partition coefficient (Wildman–Crippen LogP) is 3.72. The van der Waals surface area contributed by atoms with Gasteiger partial charge in [0.25, 0.3) is 0 Å². The van der Waals surface area contributed by atoms with E-state index in [0.717, 1.165) is 16.8 Å². The fourth-order valence-electron chi connectivity index (χ4n) is 1.79. The molecule has 0 aliphatic rings. The molecular formula is C14H12N2OS. The average molecular weight is 256 g/mol. The molecule has 90 valence electrons. The van der Waals surface area contributed by atoms with Crippen LogP contribution in [0.1, 0.15) is 0 Å². The van der Waals surface area contributed by atoms with E-state index in [1.54, 1.807) is 25.1 Å². The van der Waals surface area contributed by atoms with E-state index in [-0.39, 0.29) is 0 Å². The van der Waals surface area contributed by atoms with Gasteiger partial charge in [-0.2, -0.15) is 0 Å². The van der Waals surface area contributed by atoms with Crippen molar-refractivity contribution in [1.29, 1.82) is 0 Å². The quantitative estimate of drug-likeness (QED) is 0.776. The van der Waals surface area contributed by atoms with Crippen LogP contribution in [0.25, 0.3) is 11.0 Å². The van der Waals surface area contributed by atoms with Gasteiger partial charge in [0.1, 0.15) is 11.4 Å². The van der Waals surface area contributed by atoms with Crippen molar-refractivity contribution in [1.82, 2.24) is 9.97 Å². The van der Waals surface area contributed by atoms with Gasteiger partial charge in [0.15, 0.2) is 0 Å². The minimum Gasteiger partial charge on any atom is -0.497 e. The maximum Gasteiger partial charge on any atom is 0.138 e. The summed E-state index contributed by atoms with van der Waals surface area (Å²) >= 11 is 1.72. The van der Waals surface area contributed by atoms with Crippen molar-refractivity contribution in [2.75, 3.05) is 7.11 Å². The largest absolute Gasteiger partial charge is 0.497 e. The molecule has 3 aromatic rings. The number of rotatable bonds is 3. The number of aromatic amines is 1. The van der Waals surface area contributed by atoms with E-state index in [9.17, 15) is 0 Å². The molecule has 0 saturated heterocycles. The molecule has 0 spiro atoms. The summed E-state index contributed by atoms with van der Waals surface area (Å²) in [4.78, 5) is 9.82. The number of H-pyrrole nitrogens is 1. The molecule has 0 aliphatic heterocycles. The van der Waals surface area contributed by atoms with Gasteiger partial charge in [-0.1, -0.05) is 11.8 Å². The Balaban J connectivity index is 1.91. The summed E-state index contributed by atoms with van der Waals surface area (Å²) in [5.41, 5.74) is 0.925. The van der Waals surface area contributed by atoms with Gasteiger partial charge in [-0.05, 0) is 36.4 Å². The van der Waals surface area contributed by atoms with Crippen molar-refractivity contribution in [3.63, 3.8) is 0 Å². The molecule has 0 amide bonds. The number of aromatic nitrogens is 2. The third-order valence-corrected chi connectivity index (χ3v) is 3.77. The number of methoxy groups -OCH3 is 1. The second kappa shape index (κ2) is 4.74. The minimum absolute atomic E-state index is 0.875. The molecule has 1 aromatic carbocycles. The highest BCUT2D eigenvalue weighted by Gasteiger charge is 2.05. The maximum atomic E-state index is 5.15. The first kappa shape index (κ1) is 11.2. The number of pyridine rings is 1. The summed E-state index contributed by atoms with van der Waals surface area (Å²) in [6.07, 6.45) is 3.78. The van der Waals surface area contributed by atoms with Crippen molar-refractivity contribution in [3.05, 3.63) is 48.8 Å². The highest BCUT2D eigenvalue weighted by atomic mass is 32.2. The molecule has 0 atom stereocenters. The molecule has 0 bridgehead atoms. The third kappa shape index (κ3) is 2.07. The van der Waals surface area contributed by atoms with Crippen molar-refractivity contribution in [2.45, 2.75) is 9.79 Å². The van der Waals surface area contributed by atoms with Gasteiger partial charge >= 0.3 is 0 Å². The zero-order valence-electron chi connectivity index (χ0n) is 9.88. The second-order valence-electron chi connectivity index (χ2n) is 3.83. The Morgan fingerprint density at radius 1 is 1.17 bits per heavy atom. The molecule has 0 fully saturated rings. The Morgan fingerprint density at radius 2 is 2.00 bits per heavy atom. The average Bonchev–Trinajstić information content (AvgIpc) is 2.83. The summed E-state index contributed by atoms with van der Waals surface area (Å²) < 4.78 is 5.15. The van der Waals surface area contributed by atoms with Crippen LogP contribution in [0.4, 0.5) is 0 Å². The molecule has 2 aromatic heterocycles. The fraction of sp³-hybridized carbons (Fsp3) is 0.0714. The van der Waals surface area contributed by atoms with Crippen LogP contribution >= 0.6 is 11.8 Å². The van der Waals surface area contributed by atoms with E-state index in [4.69, 9.17) is 4.74 Å². The molecule has 2 heterocycles. The van der Waals surface area contributed by atoms with Gasteiger partial charge in [-0.3, -0.25) is 0 Å². The van der Waals surface area contributed by atoms with Crippen LogP contribution in [-0.4, -0.2) is 17.1 Å². The van der Waals surface area contributed by atoms with Crippen LogP contribution in [0.5, 0.6) is 5.75 Å². The monoisotopic (exact) mass is 256 g/mol. The second-order valence-corrected chi connectivity index (χ2v) is 4.95. The molecular weight excluding hydrogens is 244 g/mol. The van der Waals surface area contributed by atoms with Gasteiger partial charge in [0.05, 0.1) is 7.11 Å². The van der Waals surface area contributed by atoms with Crippen LogP contribution in [0, 0.1) is 0 Å². The van der Waals surface area contributed by atoms with Crippen LogP contribution < -0.4 is 4.74 Å². The first-order valence-corrected chi connectivity index (χ1v) is 6.42.